The van der Waals surface area contributed by atoms with Gasteiger partial charge in [-0.25, -0.2) is 4.98 Å². The number of aryl methyl sites for hydroxylation is 1. The summed E-state index contributed by atoms with van der Waals surface area (Å²) in [5.74, 6) is 0.777. The Morgan fingerprint density at radius 2 is 1.76 bits per heavy atom. The highest BCUT2D eigenvalue weighted by Crippen LogP contribution is 2.31. The van der Waals surface area contributed by atoms with Crippen molar-refractivity contribution in [1.29, 1.82) is 0 Å². The lowest BCUT2D eigenvalue weighted by atomic mass is 10.2. The largest absolute Gasteiger partial charge is 0.295 e. The number of nitrogens with zero attached hydrogens (tertiary/aromatic N) is 2. The third kappa shape index (κ3) is 2.64. The molecule has 0 radical (unpaired) electrons. The monoisotopic (exact) mass is 338 g/mol. The Labute approximate surface area is 138 Å². The highest BCUT2D eigenvalue weighted by molar-refractivity contribution is 6.34. The number of para-hydroxylation sites is 1. The van der Waals surface area contributed by atoms with Crippen molar-refractivity contribution in [3.8, 4) is 5.69 Å². The van der Waals surface area contributed by atoms with Crippen LogP contribution >= 0.6 is 34.8 Å². The average Bonchev–Trinajstić information content (AvgIpc) is 2.78. The van der Waals surface area contributed by atoms with E-state index in [1.165, 1.54) is 0 Å². The van der Waals surface area contributed by atoms with Gasteiger partial charge in [0.15, 0.2) is 0 Å². The topological polar surface area (TPSA) is 17.8 Å². The molecule has 1 atom stereocenters. The van der Waals surface area contributed by atoms with Crippen LogP contribution in [0.5, 0.6) is 0 Å². The van der Waals surface area contributed by atoms with Crippen LogP contribution in [0.2, 0.25) is 10.0 Å². The van der Waals surface area contributed by atoms with Gasteiger partial charge in [-0.15, -0.1) is 11.6 Å². The molecule has 0 aliphatic rings. The number of hydrogen-bond donors (Lipinski definition) is 0. The van der Waals surface area contributed by atoms with Gasteiger partial charge in [-0.05, 0) is 43.7 Å². The highest BCUT2D eigenvalue weighted by atomic mass is 35.5. The average molecular weight is 340 g/mol. The van der Waals surface area contributed by atoms with E-state index in [9.17, 15) is 0 Å². The van der Waals surface area contributed by atoms with Gasteiger partial charge in [-0.1, -0.05) is 35.3 Å². The summed E-state index contributed by atoms with van der Waals surface area (Å²) >= 11 is 18.6. The van der Waals surface area contributed by atoms with Crippen molar-refractivity contribution < 1.29 is 0 Å². The first-order chi connectivity index (χ1) is 9.97. The molecule has 1 unspecified atom stereocenters. The molecule has 0 aliphatic carbocycles. The minimum absolute atomic E-state index is 0.227. The maximum atomic E-state index is 6.31. The van der Waals surface area contributed by atoms with Crippen molar-refractivity contribution >= 4 is 45.8 Å². The second kappa shape index (κ2) is 5.53. The lowest BCUT2D eigenvalue weighted by Gasteiger charge is -2.11. The van der Waals surface area contributed by atoms with Gasteiger partial charge in [-0.3, -0.25) is 4.57 Å². The number of rotatable bonds is 2. The lowest BCUT2D eigenvalue weighted by Crippen LogP contribution is -2.02. The zero-order valence-electron chi connectivity index (χ0n) is 11.6. The minimum Gasteiger partial charge on any atom is -0.295 e. The summed E-state index contributed by atoms with van der Waals surface area (Å²) in [7, 11) is 0. The molecule has 21 heavy (non-hydrogen) atoms. The molecule has 2 nitrogen and oxygen atoms in total. The molecule has 0 aliphatic heterocycles. The molecule has 2 aromatic carbocycles. The van der Waals surface area contributed by atoms with Crippen molar-refractivity contribution in [2.75, 3.05) is 0 Å². The number of imidazole rings is 1. The SMILES string of the molecule is Cc1cccc2c1nc(C(C)Cl)n2-c1cc(Cl)cc(Cl)c1. The van der Waals surface area contributed by atoms with Crippen molar-refractivity contribution in [3.05, 3.63) is 57.8 Å². The van der Waals surface area contributed by atoms with Crippen LogP contribution in [0.25, 0.3) is 16.7 Å². The molecule has 0 bridgehead atoms. The maximum absolute atomic E-state index is 6.31. The van der Waals surface area contributed by atoms with Crippen molar-refractivity contribution in [2.24, 2.45) is 0 Å². The van der Waals surface area contributed by atoms with Crippen LogP contribution in [-0.2, 0) is 0 Å². The number of benzene rings is 2. The highest BCUT2D eigenvalue weighted by Gasteiger charge is 2.17. The van der Waals surface area contributed by atoms with Crippen molar-refractivity contribution in [3.63, 3.8) is 0 Å². The quantitative estimate of drug-likeness (QED) is 0.528. The predicted molar refractivity (Wildman–Crippen MR) is 90.1 cm³/mol. The third-order valence-electron chi connectivity index (χ3n) is 3.37. The fourth-order valence-corrected chi connectivity index (χ4v) is 3.12. The molecule has 0 fully saturated rings. The van der Waals surface area contributed by atoms with Crippen molar-refractivity contribution in [2.45, 2.75) is 19.2 Å². The van der Waals surface area contributed by atoms with Gasteiger partial charge in [0.05, 0.1) is 22.1 Å². The van der Waals surface area contributed by atoms with Crippen LogP contribution in [0.15, 0.2) is 36.4 Å². The number of hydrogen-bond acceptors (Lipinski definition) is 1. The summed E-state index contributed by atoms with van der Waals surface area (Å²) in [6.45, 7) is 3.94. The first kappa shape index (κ1) is 14.7. The van der Waals surface area contributed by atoms with E-state index in [1.807, 2.05) is 48.7 Å². The Balaban J connectivity index is 2.39. The molecule has 3 aromatic rings. The summed E-state index contributed by atoms with van der Waals surface area (Å²) in [5.41, 5.74) is 3.91. The Morgan fingerprint density at radius 1 is 1.10 bits per heavy atom. The molecule has 0 saturated heterocycles. The molecular formula is C16H13Cl3N2. The first-order valence-electron chi connectivity index (χ1n) is 6.56. The first-order valence-corrected chi connectivity index (χ1v) is 7.75. The molecule has 1 heterocycles. The Morgan fingerprint density at radius 3 is 2.38 bits per heavy atom. The van der Waals surface area contributed by atoms with Gasteiger partial charge in [0.2, 0.25) is 0 Å². The molecule has 108 valence electrons. The minimum atomic E-state index is -0.227. The summed E-state index contributed by atoms with van der Waals surface area (Å²) in [6.07, 6.45) is 0. The predicted octanol–water partition coefficient (Wildman–Crippen LogP) is 5.94. The number of aromatic nitrogens is 2. The van der Waals surface area contributed by atoms with E-state index in [2.05, 4.69) is 0 Å². The van der Waals surface area contributed by atoms with Gasteiger partial charge in [-0.2, -0.15) is 0 Å². The molecule has 0 saturated carbocycles. The van der Waals surface area contributed by atoms with E-state index in [1.54, 1.807) is 6.07 Å². The van der Waals surface area contributed by atoms with Gasteiger partial charge in [0, 0.05) is 10.0 Å². The van der Waals surface area contributed by atoms with E-state index >= 15 is 0 Å². The second-order valence-electron chi connectivity index (χ2n) is 4.99. The fourth-order valence-electron chi connectivity index (χ4n) is 2.46. The molecule has 1 aromatic heterocycles. The lowest BCUT2D eigenvalue weighted by molar-refractivity contribution is 0.882. The molecule has 0 spiro atoms. The Bertz CT molecular complexity index is 801. The van der Waals surface area contributed by atoms with E-state index < -0.39 is 0 Å². The normalized spacial score (nSPS) is 12.8. The Hall–Kier alpha value is -1.22. The number of halogens is 3. The van der Waals surface area contributed by atoms with Crippen molar-refractivity contribution in [1.82, 2.24) is 9.55 Å². The molecular weight excluding hydrogens is 327 g/mol. The molecule has 0 N–H and O–H groups in total. The summed E-state index contributed by atoms with van der Waals surface area (Å²) < 4.78 is 2.01. The van der Waals surface area contributed by atoms with Gasteiger partial charge >= 0.3 is 0 Å². The van der Waals surface area contributed by atoms with E-state index in [0.29, 0.717) is 10.0 Å². The van der Waals surface area contributed by atoms with Crippen LogP contribution in [0, 0.1) is 6.92 Å². The molecule has 3 rings (SSSR count). The van der Waals surface area contributed by atoms with Crippen LogP contribution in [0.4, 0.5) is 0 Å². The maximum Gasteiger partial charge on any atom is 0.132 e. The van der Waals surface area contributed by atoms with Crippen LogP contribution < -0.4 is 0 Å². The van der Waals surface area contributed by atoms with E-state index in [4.69, 9.17) is 39.8 Å². The molecule has 0 amide bonds. The smallest absolute Gasteiger partial charge is 0.132 e. The summed E-state index contributed by atoms with van der Waals surface area (Å²) in [6, 6.07) is 11.5. The second-order valence-corrected chi connectivity index (χ2v) is 6.52. The van der Waals surface area contributed by atoms with E-state index in [-0.39, 0.29) is 5.38 Å². The van der Waals surface area contributed by atoms with Gasteiger partial charge in [0.1, 0.15) is 5.82 Å². The van der Waals surface area contributed by atoms with Crippen LogP contribution in [-0.4, -0.2) is 9.55 Å². The molecule has 5 heteroatoms. The van der Waals surface area contributed by atoms with E-state index in [0.717, 1.165) is 28.1 Å². The van der Waals surface area contributed by atoms with Gasteiger partial charge in [0.25, 0.3) is 0 Å². The standard InChI is InChI=1S/C16H13Cl3N2/c1-9-4-3-5-14-15(9)20-16(10(2)17)21(14)13-7-11(18)6-12(19)8-13/h3-8,10H,1-2H3. The third-order valence-corrected chi connectivity index (χ3v) is 4.01. The Kier molecular flexibility index (Phi) is 3.87. The summed E-state index contributed by atoms with van der Waals surface area (Å²) in [5, 5.41) is 0.940. The van der Waals surface area contributed by atoms with Gasteiger partial charge < -0.3 is 0 Å². The summed E-state index contributed by atoms with van der Waals surface area (Å²) in [4.78, 5) is 4.69. The van der Waals surface area contributed by atoms with Crippen LogP contribution in [0.1, 0.15) is 23.7 Å². The number of fused-ring (bicyclic) bond motifs is 1. The zero-order chi connectivity index (χ0) is 15.1. The zero-order valence-corrected chi connectivity index (χ0v) is 13.8. The fraction of sp³-hybridized carbons (Fsp3) is 0.188. The van der Waals surface area contributed by atoms with Crippen LogP contribution in [0.3, 0.4) is 0 Å². The number of alkyl halides is 1.